The summed E-state index contributed by atoms with van der Waals surface area (Å²) in [6.07, 6.45) is 0.0217. The minimum atomic E-state index is -0.622. The monoisotopic (exact) mass is 389 g/mol. The van der Waals surface area contributed by atoms with E-state index in [4.69, 9.17) is 11.6 Å². The zero-order chi connectivity index (χ0) is 19.2. The first kappa shape index (κ1) is 19.3. The lowest BCUT2D eigenvalue weighted by molar-refractivity contribution is -0.134. The molecule has 2 N–H and O–H groups in total. The van der Waals surface area contributed by atoms with Crippen LogP contribution >= 0.6 is 11.6 Å². The molecule has 0 aromatic heterocycles. The van der Waals surface area contributed by atoms with Crippen molar-refractivity contribution in [2.75, 3.05) is 13.1 Å². The smallest absolute Gasteiger partial charge is 0.237 e. The van der Waals surface area contributed by atoms with Gasteiger partial charge in [0.25, 0.3) is 0 Å². The van der Waals surface area contributed by atoms with E-state index in [1.54, 1.807) is 30.3 Å². The molecule has 27 heavy (non-hydrogen) atoms. The summed E-state index contributed by atoms with van der Waals surface area (Å²) >= 11 is 5.85. The van der Waals surface area contributed by atoms with Crippen LogP contribution in [0, 0.1) is 5.82 Å². The van der Waals surface area contributed by atoms with Gasteiger partial charge in [-0.3, -0.25) is 14.5 Å². The molecule has 2 aromatic carbocycles. The van der Waals surface area contributed by atoms with Gasteiger partial charge in [-0.1, -0.05) is 41.9 Å². The van der Waals surface area contributed by atoms with E-state index in [0.717, 1.165) is 5.56 Å². The molecule has 1 unspecified atom stereocenters. The van der Waals surface area contributed by atoms with E-state index >= 15 is 0 Å². The number of hydrogen-bond acceptors (Lipinski definition) is 3. The van der Waals surface area contributed by atoms with E-state index in [9.17, 15) is 14.0 Å². The molecule has 7 heteroatoms. The number of nitrogens with one attached hydrogen (secondary N) is 2. The van der Waals surface area contributed by atoms with Crippen molar-refractivity contribution in [1.29, 1.82) is 0 Å². The first-order chi connectivity index (χ1) is 13.0. The molecule has 1 heterocycles. The van der Waals surface area contributed by atoms with Crippen molar-refractivity contribution in [3.05, 3.63) is 70.5 Å². The van der Waals surface area contributed by atoms with Gasteiger partial charge in [0, 0.05) is 36.8 Å². The van der Waals surface area contributed by atoms with Gasteiger partial charge in [0.1, 0.15) is 5.82 Å². The fourth-order valence-electron chi connectivity index (χ4n) is 3.07. The molecule has 0 saturated carbocycles. The van der Waals surface area contributed by atoms with Gasteiger partial charge in [-0.25, -0.2) is 4.39 Å². The van der Waals surface area contributed by atoms with E-state index in [1.807, 2.05) is 17.0 Å². The zero-order valence-electron chi connectivity index (χ0n) is 14.8. The summed E-state index contributed by atoms with van der Waals surface area (Å²) in [6, 6.07) is 13.0. The number of benzene rings is 2. The molecule has 2 aromatic rings. The second-order valence-electron chi connectivity index (χ2n) is 6.48. The van der Waals surface area contributed by atoms with Crippen LogP contribution in [0.4, 0.5) is 4.39 Å². The van der Waals surface area contributed by atoms with Crippen LogP contribution in [-0.2, 0) is 22.7 Å². The van der Waals surface area contributed by atoms with Crippen molar-refractivity contribution in [2.45, 2.75) is 25.6 Å². The third-order valence-corrected chi connectivity index (χ3v) is 4.81. The molecular formula is C20H21ClFN3O2. The van der Waals surface area contributed by atoms with Crippen LogP contribution in [0.1, 0.15) is 17.5 Å². The van der Waals surface area contributed by atoms with Gasteiger partial charge in [-0.2, -0.15) is 0 Å². The van der Waals surface area contributed by atoms with Crippen molar-refractivity contribution < 1.29 is 14.0 Å². The number of hydrogen-bond donors (Lipinski definition) is 2. The van der Waals surface area contributed by atoms with Crippen molar-refractivity contribution in [1.82, 2.24) is 15.5 Å². The second kappa shape index (κ2) is 8.97. The Labute approximate surface area is 162 Å². The first-order valence-electron chi connectivity index (χ1n) is 8.79. The molecule has 0 radical (unpaired) electrons. The normalized spacial score (nSPS) is 17.4. The SMILES string of the molecule is O=C(CC1C(=O)NCCN1Cc1ccccc1F)NCc1ccc(Cl)cc1. The summed E-state index contributed by atoms with van der Waals surface area (Å²) < 4.78 is 14.0. The van der Waals surface area contributed by atoms with Gasteiger partial charge in [-0.15, -0.1) is 0 Å². The predicted octanol–water partition coefficient (Wildman–Crippen LogP) is 2.49. The second-order valence-corrected chi connectivity index (χ2v) is 6.91. The number of piperazine rings is 1. The van der Waals surface area contributed by atoms with Crippen molar-refractivity contribution in [3.8, 4) is 0 Å². The largest absolute Gasteiger partial charge is 0.353 e. The topological polar surface area (TPSA) is 61.4 Å². The van der Waals surface area contributed by atoms with Crippen LogP contribution in [0.3, 0.4) is 0 Å². The number of carbonyl (C=O) groups is 2. The van der Waals surface area contributed by atoms with Crippen molar-refractivity contribution >= 4 is 23.4 Å². The van der Waals surface area contributed by atoms with Crippen LogP contribution in [0.15, 0.2) is 48.5 Å². The molecular weight excluding hydrogens is 369 g/mol. The van der Waals surface area contributed by atoms with E-state index in [2.05, 4.69) is 10.6 Å². The highest BCUT2D eigenvalue weighted by Crippen LogP contribution is 2.16. The molecule has 1 saturated heterocycles. The van der Waals surface area contributed by atoms with Crippen molar-refractivity contribution in [3.63, 3.8) is 0 Å². The Bertz CT molecular complexity index is 813. The molecule has 2 amide bonds. The van der Waals surface area contributed by atoms with Crippen LogP contribution in [0.2, 0.25) is 5.02 Å². The molecule has 1 aliphatic rings. The zero-order valence-corrected chi connectivity index (χ0v) is 15.5. The molecule has 1 atom stereocenters. The Morgan fingerprint density at radius 1 is 1.22 bits per heavy atom. The van der Waals surface area contributed by atoms with Gasteiger partial charge in [0.15, 0.2) is 0 Å². The Morgan fingerprint density at radius 2 is 1.96 bits per heavy atom. The number of nitrogens with zero attached hydrogens (tertiary/aromatic N) is 1. The maximum atomic E-state index is 14.0. The molecule has 5 nitrogen and oxygen atoms in total. The van der Waals surface area contributed by atoms with Crippen molar-refractivity contribution in [2.24, 2.45) is 0 Å². The van der Waals surface area contributed by atoms with Crippen LogP contribution in [0.5, 0.6) is 0 Å². The maximum Gasteiger partial charge on any atom is 0.237 e. The molecule has 1 fully saturated rings. The first-order valence-corrected chi connectivity index (χ1v) is 9.17. The molecule has 1 aliphatic heterocycles. The summed E-state index contributed by atoms with van der Waals surface area (Å²) in [4.78, 5) is 26.5. The van der Waals surface area contributed by atoms with Crippen LogP contribution < -0.4 is 10.6 Å². The summed E-state index contributed by atoms with van der Waals surface area (Å²) in [7, 11) is 0. The van der Waals surface area contributed by atoms with E-state index in [-0.39, 0.29) is 30.6 Å². The average molecular weight is 390 g/mol. The Morgan fingerprint density at radius 3 is 2.70 bits per heavy atom. The Balaban J connectivity index is 1.61. The lowest BCUT2D eigenvalue weighted by atomic mass is 10.1. The van der Waals surface area contributed by atoms with Crippen LogP contribution in [0.25, 0.3) is 0 Å². The van der Waals surface area contributed by atoms with E-state index in [0.29, 0.717) is 30.2 Å². The highest BCUT2D eigenvalue weighted by atomic mass is 35.5. The molecule has 142 valence electrons. The quantitative estimate of drug-likeness (QED) is 0.798. The number of carbonyl (C=O) groups excluding carboxylic acids is 2. The number of rotatable bonds is 6. The van der Waals surface area contributed by atoms with Gasteiger partial charge in [-0.05, 0) is 23.8 Å². The highest BCUT2D eigenvalue weighted by molar-refractivity contribution is 6.30. The fraction of sp³-hybridized carbons (Fsp3) is 0.300. The molecule has 0 aliphatic carbocycles. The summed E-state index contributed by atoms with van der Waals surface area (Å²) in [6.45, 7) is 1.69. The standard InChI is InChI=1S/C20H21ClFN3O2/c21-16-7-5-14(6-8-16)12-24-19(26)11-18-20(27)23-9-10-25(18)13-15-3-1-2-4-17(15)22/h1-8,18H,9-13H2,(H,23,27)(H,24,26). The Hall–Kier alpha value is -2.44. The third kappa shape index (κ3) is 5.28. The van der Waals surface area contributed by atoms with Gasteiger partial charge < -0.3 is 10.6 Å². The summed E-state index contributed by atoms with van der Waals surface area (Å²) in [5.74, 6) is -0.751. The van der Waals surface area contributed by atoms with Gasteiger partial charge >= 0.3 is 0 Å². The van der Waals surface area contributed by atoms with Gasteiger partial charge in [0.2, 0.25) is 11.8 Å². The lowest BCUT2D eigenvalue weighted by Gasteiger charge is -2.34. The summed E-state index contributed by atoms with van der Waals surface area (Å²) in [5, 5.41) is 6.23. The molecule has 3 rings (SSSR count). The molecule has 0 spiro atoms. The lowest BCUT2D eigenvalue weighted by Crippen LogP contribution is -2.56. The average Bonchev–Trinajstić information content (AvgIpc) is 2.66. The minimum Gasteiger partial charge on any atom is -0.353 e. The summed E-state index contributed by atoms with van der Waals surface area (Å²) in [5.41, 5.74) is 1.43. The van der Waals surface area contributed by atoms with Gasteiger partial charge in [0.05, 0.1) is 12.5 Å². The highest BCUT2D eigenvalue weighted by Gasteiger charge is 2.31. The number of halogens is 2. The molecule has 0 bridgehead atoms. The fourth-order valence-corrected chi connectivity index (χ4v) is 3.20. The van der Waals surface area contributed by atoms with Crippen LogP contribution in [-0.4, -0.2) is 35.8 Å². The Kier molecular flexibility index (Phi) is 6.42. The third-order valence-electron chi connectivity index (χ3n) is 4.55. The maximum absolute atomic E-state index is 14.0. The van der Waals surface area contributed by atoms with E-state index in [1.165, 1.54) is 6.07 Å². The van der Waals surface area contributed by atoms with E-state index < -0.39 is 6.04 Å². The predicted molar refractivity (Wildman–Crippen MR) is 102 cm³/mol. The minimum absolute atomic E-state index is 0.0217. The number of amides is 2.